The maximum Gasteiger partial charge on any atom is 0.164 e. The van der Waals surface area contributed by atoms with Crippen molar-refractivity contribution in [2.45, 2.75) is 25.9 Å². The molecule has 0 aromatic heterocycles. The van der Waals surface area contributed by atoms with Gasteiger partial charge in [0.2, 0.25) is 0 Å². The van der Waals surface area contributed by atoms with Crippen LogP contribution in [0.5, 0.6) is 0 Å². The van der Waals surface area contributed by atoms with E-state index in [1.165, 1.54) is 0 Å². The molecule has 1 N–H and O–H groups in total. The van der Waals surface area contributed by atoms with Crippen LogP contribution >= 0.6 is 0 Å². The maximum atomic E-state index is 11.9. The third-order valence-corrected chi connectivity index (χ3v) is 3.74. The van der Waals surface area contributed by atoms with Gasteiger partial charge in [-0.1, -0.05) is 30.3 Å². The fourth-order valence-corrected chi connectivity index (χ4v) is 2.49. The summed E-state index contributed by atoms with van der Waals surface area (Å²) in [5.74, 6) is 0.577. The molecule has 2 atom stereocenters. The third-order valence-electron chi connectivity index (χ3n) is 3.74. The summed E-state index contributed by atoms with van der Waals surface area (Å²) < 4.78 is 0. The summed E-state index contributed by atoms with van der Waals surface area (Å²) in [5, 5.41) is 9.53. The van der Waals surface area contributed by atoms with E-state index < -0.39 is 0 Å². The van der Waals surface area contributed by atoms with Crippen LogP contribution in [0.25, 0.3) is 0 Å². The second kappa shape index (κ2) is 6.12. The highest BCUT2D eigenvalue weighted by molar-refractivity contribution is 5.96. The normalized spacial score (nSPS) is 22.0. The van der Waals surface area contributed by atoms with Crippen molar-refractivity contribution >= 4 is 5.78 Å². The summed E-state index contributed by atoms with van der Waals surface area (Å²) in [6.45, 7) is 4.57. The molecule has 3 nitrogen and oxygen atoms in total. The number of aliphatic hydroxyl groups excluding tert-OH is 1. The fraction of sp³-hybridized carbons (Fsp3) is 0.533. The van der Waals surface area contributed by atoms with Gasteiger partial charge in [0, 0.05) is 25.1 Å². The van der Waals surface area contributed by atoms with Crippen LogP contribution in [0.2, 0.25) is 0 Å². The highest BCUT2D eigenvalue weighted by Gasteiger charge is 2.25. The molecule has 2 rings (SSSR count). The molecule has 1 aliphatic rings. The van der Waals surface area contributed by atoms with Gasteiger partial charge in [0.1, 0.15) is 0 Å². The summed E-state index contributed by atoms with van der Waals surface area (Å²) in [4.78, 5) is 14.2. The molecule has 1 heterocycles. The van der Waals surface area contributed by atoms with Crippen molar-refractivity contribution in [1.29, 1.82) is 0 Å². The standard InChI is InChI=1S/C15H21NO2/c1-12(17)14-7-9-16(11-14)10-8-15(18)13-5-3-2-4-6-13/h2-6,12,14,17H,7-11H2,1H3. The zero-order chi connectivity index (χ0) is 13.0. The van der Waals surface area contributed by atoms with Crippen molar-refractivity contribution in [2.24, 2.45) is 5.92 Å². The lowest BCUT2D eigenvalue weighted by molar-refractivity contribution is 0.0963. The van der Waals surface area contributed by atoms with Crippen LogP contribution in [0.3, 0.4) is 0 Å². The van der Waals surface area contributed by atoms with Crippen molar-refractivity contribution in [2.75, 3.05) is 19.6 Å². The van der Waals surface area contributed by atoms with Crippen LogP contribution in [0.4, 0.5) is 0 Å². The molecule has 18 heavy (non-hydrogen) atoms. The Bertz CT molecular complexity index is 389. The number of nitrogens with zero attached hydrogens (tertiary/aromatic N) is 1. The molecule has 0 bridgehead atoms. The number of carbonyl (C=O) groups is 1. The second-order valence-corrected chi connectivity index (χ2v) is 5.13. The van der Waals surface area contributed by atoms with Crippen LogP contribution in [-0.4, -0.2) is 41.5 Å². The molecule has 1 aliphatic heterocycles. The van der Waals surface area contributed by atoms with E-state index in [0.29, 0.717) is 12.3 Å². The predicted molar refractivity (Wildman–Crippen MR) is 71.6 cm³/mol. The highest BCUT2D eigenvalue weighted by Crippen LogP contribution is 2.19. The number of ketones is 1. The summed E-state index contributed by atoms with van der Waals surface area (Å²) >= 11 is 0. The van der Waals surface area contributed by atoms with Gasteiger partial charge in [-0.05, 0) is 25.8 Å². The van der Waals surface area contributed by atoms with Crippen molar-refractivity contribution in [3.05, 3.63) is 35.9 Å². The predicted octanol–water partition coefficient (Wildman–Crippen LogP) is 1.96. The molecular weight excluding hydrogens is 226 g/mol. The first kappa shape index (κ1) is 13.2. The summed E-state index contributed by atoms with van der Waals surface area (Å²) in [6, 6.07) is 9.44. The molecule has 0 spiro atoms. The van der Waals surface area contributed by atoms with Crippen LogP contribution in [0, 0.1) is 5.92 Å². The third kappa shape index (κ3) is 3.40. The molecule has 98 valence electrons. The van der Waals surface area contributed by atoms with Gasteiger partial charge in [0.25, 0.3) is 0 Å². The minimum absolute atomic E-state index is 0.205. The van der Waals surface area contributed by atoms with Gasteiger partial charge in [0.15, 0.2) is 5.78 Å². The lowest BCUT2D eigenvalue weighted by atomic mass is 10.0. The van der Waals surface area contributed by atoms with Gasteiger partial charge in [-0.3, -0.25) is 4.79 Å². The van der Waals surface area contributed by atoms with Crippen LogP contribution in [0.15, 0.2) is 30.3 Å². The Labute approximate surface area is 108 Å². The smallest absolute Gasteiger partial charge is 0.164 e. The lowest BCUT2D eigenvalue weighted by Crippen LogP contribution is -2.26. The lowest BCUT2D eigenvalue weighted by Gasteiger charge is -2.16. The molecule has 0 amide bonds. The first-order valence-electron chi connectivity index (χ1n) is 6.65. The van der Waals surface area contributed by atoms with Gasteiger partial charge in [0.05, 0.1) is 6.10 Å². The van der Waals surface area contributed by atoms with E-state index in [2.05, 4.69) is 4.90 Å². The van der Waals surface area contributed by atoms with Crippen LogP contribution in [0.1, 0.15) is 30.1 Å². The summed E-state index contributed by atoms with van der Waals surface area (Å²) in [7, 11) is 0. The number of hydrogen-bond acceptors (Lipinski definition) is 3. The number of likely N-dealkylation sites (tertiary alicyclic amines) is 1. The highest BCUT2D eigenvalue weighted by atomic mass is 16.3. The second-order valence-electron chi connectivity index (χ2n) is 5.13. The molecule has 1 aromatic carbocycles. The Hall–Kier alpha value is -1.19. The molecule has 0 aliphatic carbocycles. The van der Waals surface area contributed by atoms with E-state index in [4.69, 9.17) is 0 Å². The van der Waals surface area contributed by atoms with Gasteiger partial charge < -0.3 is 10.0 Å². The largest absolute Gasteiger partial charge is 0.393 e. The number of Topliss-reactive ketones (excluding diaryl/α,β-unsaturated/α-hetero) is 1. The minimum atomic E-state index is -0.236. The van der Waals surface area contributed by atoms with Gasteiger partial charge in [-0.15, -0.1) is 0 Å². The van der Waals surface area contributed by atoms with E-state index >= 15 is 0 Å². The molecular formula is C15H21NO2. The van der Waals surface area contributed by atoms with Crippen LogP contribution in [-0.2, 0) is 0 Å². The Balaban J connectivity index is 1.78. The van der Waals surface area contributed by atoms with E-state index in [0.717, 1.165) is 31.6 Å². The van der Waals surface area contributed by atoms with Crippen molar-refractivity contribution in [3.63, 3.8) is 0 Å². The first-order chi connectivity index (χ1) is 8.66. The molecule has 2 unspecified atom stereocenters. The van der Waals surface area contributed by atoms with Gasteiger partial charge in [-0.2, -0.15) is 0 Å². The number of rotatable bonds is 5. The zero-order valence-corrected chi connectivity index (χ0v) is 10.9. The van der Waals surface area contributed by atoms with Gasteiger partial charge in [-0.25, -0.2) is 0 Å². The van der Waals surface area contributed by atoms with Crippen molar-refractivity contribution < 1.29 is 9.90 Å². The average molecular weight is 247 g/mol. The molecule has 1 aromatic rings. The molecule has 1 saturated heterocycles. The van der Waals surface area contributed by atoms with Gasteiger partial charge >= 0.3 is 0 Å². The summed E-state index contributed by atoms with van der Waals surface area (Å²) in [5.41, 5.74) is 0.795. The van der Waals surface area contributed by atoms with Crippen LogP contribution < -0.4 is 0 Å². The SMILES string of the molecule is CC(O)C1CCN(CCC(=O)c2ccccc2)C1. The Kier molecular flexibility index (Phi) is 4.50. The quantitative estimate of drug-likeness (QED) is 0.809. The number of hydrogen-bond donors (Lipinski definition) is 1. The molecule has 3 heteroatoms. The number of carbonyl (C=O) groups excluding carboxylic acids is 1. The average Bonchev–Trinajstić information content (AvgIpc) is 2.86. The summed E-state index contributed by atoms with van der Waals surface area (Å²) in [6.07, 6.45) is 1.37. The minimum Gasteiger partial charge on any atom is -0.393 e. The van der Waals surface area contributed by atoms with E-state index in [1.807, 2.05) is 37.3 Å². The first-order valence-corrected chi connectivity index (χ1v) is 6.65. The van der Waals surface area contributed by atoms with E-state index in [9.17, 15) is 9.90 Å². The topological polar surface area (TPSA) is 40.5 Å². The van der Waals surface area contributed by atoms with Crippen molar-refractivity contribution in [1.82, 2.24) is 4.90 Å². The number of benzene rings is 1. The van der Waals surface area contributed by atoms with E-state index in [1.54, 1.807) is 0 Å². The Morgan fingerprint density at radius 1 is 1.44 bits per heavy atom. The van der Waals surface area contributed by atoms with E-state index in [-0.39, 0.29) is 11.9 Å². The Morgan fingerprint density at radius 3 is 2.78 bits per heavy atom. The molecule has 1 fully saturated rings. The molecule has 0 radical (unpaired) electrons. The monoisotopic (exact) mass is 247 g/mol. The number of aliphatic hydroxyl groups is 1. The molecule has 0 saturated carbocycles. The van der Waals surface area contributed by atoms with Crippen molar-refractivity contribution in [3.8, 4) is 0 Å². The maximum absolute atomic E-state index is 11.9. The Morgan fingerprint density at radius 2 is 2.17 bits per heavy atom. The zero-order valence-electron chi connectivity index (χ0n) is 10.9. The fourth-order valence-electron chi connectivity index (χ4n) is 2.49.